The van der Waals surface area contributed by atoms with Crippen LogP contribution in [-0.2, 0) is 23.2 Å². The number of carbonyl (C=O) groups excluding carboxylic acids is 1. The topological polar surface area (TPSA) is 97.8 Å². The number of methoxy groups -OCH3 is 1. The molecule has 4 rings (SSSR count). The Morgan fingerprint density at radius 3 is 2.50 bits per heavy atom. The highest BCUT2D eigenvalue weighted by Crippen LogP contribution is 2.30. The molecule has 1 amide bonds. The summed E-state index contributed by atoms with van der Waals surface area (Å²) in [5.41, 5.74) is 2.12. The van der Waals surface area contributed by atoms with Crippen LogP contribution in [0.25, 0.3) is 0 Å². The Kier molecular flexibility index (Phi) is 7.44. The van der Waals surface area contributed by atoms with E-state index in [1.807, 2.05) is 36.4 Å². The average molecular weight is 482 g/mol. The van der Waals surface area contributed by atoms with E-state index in [0.717, 1.165) is 24.0 Å². The largest absolute Gasteiger partial charge is 0.495 e. The maximum atomic E-state index is 13.0. The van der Waals surface area contributed by atoms with E-state index in [-0.39, 0.29) is 22.1 Å². The Bertz CT molecular complexity index is 1230. The van der Waals surface area contributed by atoms with Crippen LogP contribution in [0.1, 0.15) is 34.3 Å². The third-order valence-corrected chi connectivity index (χ3v) is 7.53. The first-order valence-electron chi connectivity index (χ1n) is 11.0. The van der Waals surface area contributed by atoms with E-state index in [4.69, 9.17) is 9.47 Å². The van der Waals surface area contributed by atoms with E-state index in [1.54, 1.807) is 18.5 Å². The standard InChI is InChI=1S/C25H27N3O5S/c1-32-23-11-8-21(15-24(23)34(30,31)28-13-2-3-14-28)25(29)27-17-19-6-9-22(10-7-19)33-18-20-5-4-12-26-16-20/h4-12,15-16H,2-3,13-14,17-18H2,1H3,(H,27,29). The molecule has 1 N–H and O–H groups in total. The fourth-order valence-electron chi connectivity index (χ4n) is 3.73. The molecule has 0 unspecified atom stereocenters. The van der Waals surface area contributed by atoms with Crippen molar-refractivity contribution in [2.24, 2.45) is 0 Å². The molecule has 1 aliphatic rings. The van der Waals surface area contributed by atoms with Gasteiger partial charge < -0.3 is 14.8 Å². The molecule has 1 saturated heterocycles. The SMILES string of the molecule is COc1ccc(C(=O)NCc2ccc(OCc3cccnc3)cc2)cc1S(=O)(=O)N1CCCC1. The van der Waals surface area contributed by atoms with Gasteiger partial charge >= 0.3 is 0 Å². The second-order valence-electron chi connectivity index (χ2n) is 7.95. The van der Waals surface area contributed by atoms with Gasteiger partial charge in [0.2, 0.25) is 10.0 Å². The van der Waals surface area contributed by atoms with Crippen LogP contribution in [0, 0.1) is 0 Å². The molecule has 178 valence electrons. The number of hydrogen-bond acceptors (Lipinski definition) is 6. The number of nitrogens with one attached hydrogen (secondary N) is 1. The lowest BCUT2D eigenvalue weighted by Gasteiger charge is -2.18. The van der Waals surface area contributed by atoms with Gasteiger partial charge in [0.15, 0.2) is 0 Å². The van der Waals surface area contributed by atoms with Crippen molar-refractivity contribution in [3.63, 3.8) is 0 Å². The van der Waals surface area contributed by atoms with Crippen molar-refractivity contribution in [2.45, 2.75) is 30.9 Å². The summed E-state index contributed by atoms with van der Waals surface area (Å²) in [5.74, 6) is 0.577. The average Bonchev–Trinajstić information content (AvgIpc) is 3.43. The number of carbonyl (C=O) groups is 1. The van der Waals surface area contributed by atoms with Crippen LogP contribution >= 0.6 is 0 Å². The van der Waals surface area contributed by atoms with Gasteiger partial charge in [-0.1, -0.05) is 18.2 Å². The molecule has 0 aliphatic carbocycles. The highest BCUT2D eigenvalue weighted by molar-refractivity contribution is 7.89. The van der Waals surface area contributed by atoms with E-state index in [9.17, 15) is 13.2 Å². The maximum Gasteiger partial charge on any atom is 0.251 e. The zero-order valence-electron chi connectivity index (χ0n) is 18.9. The van der Waals surface area contributed by atoms with Crippen LogP contribution in [0.15, 0.2) is 71.9 Å². The lowest BCUT2D eigenvalue weighted by atomic mass is 10.2. The fourth-order valence-corrected chi connectivity index (χ4v) is 5.42. The highest BCUT2D eigenvalue weighted by Gasteiger charge is 2.30. The number of nitrogens with zero attached hydrogens (tertiary/aromatic N) is 2. The van der Waals surface area contributed by atoms with E-state index in [2.05, 4.69) is 10.3 Å². The number of rotatable bonds is 9. The molecule has 3 aromatic rings. The van der Waals surface area contributed by atoms with Crippen molar-refractivity contribution in [1.82, 2.24) is 14.6 Å². The van der Waals surface area contributed by atoms with Crippen molar-refractivity contribution in [1.29, 1.82) is 0 Å². The van der Waals surface area contributed by atoms with Gasteiger partial charge in [-0.25, -0.2) is 8.42 Å². The summed E-state index contributed by atoms with van der Waals surface area (Å²) in [7, 11) is -2.31. The minimum Gasteiger partial charge on any atom is -0.495 e. The molecule has 0 saturated carbocycles. The summed E-state index contributed by atoms with van der Waals surface area (Å²) in [4.78, 5) is 16.8. The Hall–Kier alpha value is -3.43. The molecule has 9 heteroatoms. The minimum absolute atomic E-state index is 0.0136. The Balaban J connectivity index is 1.39. The summed E-state index contributed by atoms with van der Waals surface area (Å²) in [6, 6.07) is 15.7. The number of pyridine rings is 1. The quantitative estimate of drug-likeness (QED) is 0.503. The van der Waals surface area contributed by atoms with Gasteiger partial charge in [0.25, 0.3) is 5.91 Å². The molecule has 1 aliphatic heterocycles. The van der Waals surface area contributed by atoms with Gasteiger partial charge in [-0.05, 0) is 54.8 Å². The number of hydrogen-bond donors (Lipinski definition) is 1. The first-order chi connectivity index (χ1) is 16.5. The zero-order valence-corrected chi connectivity index (χ0v) is 19.8. The van der Waals surface area contributed by atoms with Crippen molar-refractivity contribution < 1.29 is 22.7 Å². The summed E-state index contributed by atoms with van der Waals surface area (Å²) in [6.07, 6.45) is 5.13. The molecule has 0 bridgehead atoms. The lowest BCUT2D eigenvalue weighted by Crippen LogP contribution is -2.29. The summed E-state index contributed by atoms with van der Waals surface area (Å²) in [5, 5.41) is 2.84. The molecule has 34 heavy (non-hydrogen) atoms. The molecule has 0 atom stereocenters. The van der Waals surface area contributed by atoms with Crippen molar-refractivity contribution in [3.8, 4) is 11.5 Å². The Morgan fingerprint density at radius 1 is 1.06 bits per heavy atom. The number of aromatic nitrogens is 1. The van der Waals surface area contributed by atoms with Gasteiger partial charge in [-0.15, -0.1) is 0 Å². The Labute approximate surface area is 199 Å². The second-order valence-corrected chi connectivity index (χ2v) is 9.86. The molecular formula is C25H27N3O5S. The first kappa shape index (κ1) is 23.7. The molecule has 1 fully saturated rings. The van der Waals surface area contributed by atoms with Gasteiger partial charge in [0, 0.05) is 43.2 Å². The van der Waals surface area contributed by atoms with Crippen LogP contribution in [0.4, 0.5) is 0 Å². The molecule has 8 nitrogen and oxygen atoms in total. The first-order valence-corrected chi connectivity index (χ1v) is 12.5. The Morgan fingerprint density at radius 2 is 1.82 bits per heavy atom. The summed E-state index contributed by atoms with van der Waals surface area (Å²) >= 11 is 0. The molecule has 0 radical (unpaired) electrons. The normalized spacial score (nSPS) is 14.0. The number of sulfonamides is 1. The number of ether oxygens (including phenoxy) is 2. The maximum absolute atomic E-state index is 13.0. The molecule has 0 spiro atoms. The molecular weight excluding hydrogens is 454 g/mol. The van der Waals surface area contributed by atoms with Crippen LogP contribution in [0.5, 0.6) is 11.5 Å². The predicted molar refractivity (Wildman–Crippen MR) is 127 cm³/mol. The van der Waals surface area contributed by atoms with Crippen LogP contribution < -0.4 is 14.8 Å². The van der Waals surface area contributed by atoms with Crippen LogP contribution in [0.3, 0.4) is 0 Å². The van der Waals surface area contributed by atoms with Crippen LogP contribution in [0.2, 0.25) is 0 Å². The zero-order chi connectivity index (χ0) is 24.0. The smallest absolute Gasteiger partial charge is 0.251 e. The molecule has 1 aromatic heterocycles. The molecule has 2 aromatic carbocycles. The van der Waals surface area contributed by atoms with Gasteiger partial charge in [0.05, 0.1) is 7.11 Å². The van der Waals surface area contributed by atoms with Gasteiger partial charge in [-0.3, -0.25) is 9.78 Å². The summed E-state index contributed by atoms with van der Waals surface area (Å²) < 4.78 is 38.5. The van der Waals surface area contributed by atoms with E-state index >= 15 is 0 Å². The lowest BCUT2D eigenvalue weighted by molar-refractivity contribution is 0.0950. The predicted octanol–water partition coefficient (Wildman–Crippen LogP) is 3.38. The monoisotopic (exact) mass is 481 g/mol. The third-order valence-electron chi connectivity index (χ3n) is 5.61. The van der Waals surface area contributed by atoms with E-state index in [1.165, 1.54) is 23.5 Å². The van der Waals surface area contributed by atoms with Crippen molar-refractivity contribution in [2.75, 3.05) is 20.2 Å². The van der Waals surface area contributed by atoms with E-state index < -0.39 is 10.0 Å². The third kappa shape index (κ3) is 5.55. The van der Waals surface area contributed by atoms with Gasteiger partial charge in [0.1, 0.15) is 23.0 Å². The summed E-state index contributed by atoms with van der Waals surface area (Å²) in [6.45, 7) is 1.67. The van der Waals surface area contributed by atoms with Crippen molar-refractivity contribution >= 4 is 15.9 Å². The second kappa shape index (κ2) is 10.7. The van der Waals surface area contributed by atoms with E-state index in [0.29, 0.717) is 32.0 Å². The minimum atomic E-state index is -3.72. The number of benzene rings is 2. The molecule has 2 heterocycles. The van der Waals surface area contributed by atoms with Crippen LogP contribution in [-0.4, -0.2) is 43.8 Å². The van der Waals surface area contributed by atoms with Gasteiger partial charge in [-0.2, -0.15) is 4.31 Å². The fraction of sp³-hybridized carbons (Fsp3) is 0.280. The van der Waals surface area contributed by atoms with Crippen molar-refractivity contribution in [3.05, 3.63) is 83.7 Å². The highest BCUT2D eigenvalue weighted by atomic mass is 32.2. The number of amides is 1.